The molecule has 0 radical (unpaired) electrons. The van der Waals surface area contributed by atoms with Crippen LogP contribution >= 0.6 is 45.3 Å². The van der Waals surface area contributed by atoms with Gasteiger partial charge in [-0.05, 0) is 175 Å². The summed E-state index contributed by atoms with van der Waals surface area (Å²) in [4.78, 5) is 86.5. The van der Waals surface area contributed by atoms with Gasteiger partial charge in [-0.25, -0.2) is 28.9 Å². The molecule has 6 amide bonds. The van der Waals surface area contributed by atoms with Crippen LogP contribution < -0.4 is 15.7 Å². The van der Waals surface area contributed by atoms with E-state index in [4.69, 9.17) is 51.8 Å². The van der Waals surface area contributed by atoms with Gasteiger partial charge in [-0.1, -0.05) is 146 Å². The van der Waals surface area contributed by atoms with Crippen LogP contribution in [0.25, 0.3) is 0 Å². The van der Waals surface area contributed by atoms with Gasteiger partial charge in [0.2, 0.25) is 19.2 Å². The minimum Gasteiger partial charge on any atom is -0.480 e. The Labute approximate surface area is 617 Å². The van der Waals surface area contributed by atoms with Gasteiger partial charge in [0.05, 0.1) is 16.5 Å². The number of aliphatic hydroxyl groups excluding tert-OH is 1. The molecule has 546 valence electrons. The summed E-state index contributed by atoms with van der Waals surface area (Å²) in [5.41, 5.74) is -1.90. The number of carbonyl (C=O) groups is 7. The number of aliphatic hydroxyl groups is 1. The second kappa shape index (κ2) is 44.3. The van der Waals surface area contributed by atoms with Crippen molar-refractivity contribution in [2.24, 2.45) is 11.8 Å². The molecule has 6 fully saturated rings. The Morgan fingerprint density at radius 1 is 0.604 bits per heavy atom. The number of fused-ring (bicyclic) bond motifs is 2. The summed E-state index contributed by atoms with van der Waals surface area (Å²) in [6.45, 7) is 45.1. The van der Waals surface area contributed by atoms with Gasteiger partial charge in [-0.2, -0.15) is 24.9 Å². The van der Waals surface area contributed by atoms with E-state index >= 15 is 0 Å². The predicted molar refractivity (Wildman–Crippen MR) is 399 cm³/mol. The Morgan fingerprint density at radius 2 is 1.00 bits per heavy atom. The minimum atomic E-state index is -2.23. The van der Waals surface area contributed by atoms with E-state index in [1.807, 2.05) is 77.8 Å². The molecule has 5 heterocycles. The van der Waals surface area contributed by atoms with Gasteiger partial charge in [0, 0.05) is 49.3 Å². The summed E-state index contributed by atoms with van der Waals surface area (Å²) in [5.74, 6) is 0.147. The molecule has 23 heteroatoms. The van der Waals surface area contributed by atoms with Crippen LogP contribution in [0.2, 0.25) is 5.04 Å². The first-order valence-electron chi connectivity index (χ1n) is 32.9. The Morgan fingerprint density at radius 3 is 1.36 bits per heavy atom. The largest absolute Gasteiger partial charge is 2.00 e. The van der Waals surface area contributed by atoms with Gasteiger partial charge < -0.3 is 53.2 Å². The molecule has 2 aromatic carbocycles. The summed E-state index contributed by atoms with van der Waals surface area (Å²) in [6.07, 6.45) is 12.7. The third-order valence-electron chi connectivity index (χ3n) is 15.5. The molecule has 9 rings (SSSR count). The fourth-order valence-corrected chi connectivity index (χ4v) is 15.2. The molecule has 2 aliphatic carbocycles. The van der Waals surface area contributed by atoms with Crippen LogP contribution in [0.15, 0.2) is 72.9 Å². The number of hydrogen-bond acceptors (Lipinski definition) is 12. The van der Waals surface area contributed by atoms with Gasteiger partial charge in [0.15, 0.2) is 0 Å². The Bertz CT molecular complexity index is 2610. The zero-order chi connectivity index (χ0) is 71.6. The van der Waals surface area contributed by atoms with Gasteiger partial charge in [0.25, 0.3) is 0 Å². The van der Waals surface area contributed by atoms with Gasteiger partial charge in [0.1, 0.15) is 28.4 Å². The zero-order valence-corrected chi connectivity index (χ0v) is 68.1. The number of piperidine rings is 2. The maximum atomic E-state index is 12.0. The molecule has 0 aromatic heterocycles. The zero-order valence-electron chi connectivity index (χ0n) is 60.5. The average molecular weight is 1570 g/mol. The van der Waals surface area contributed by atoms with E-state index < -0.39 is 48.4 Å². The number of carbonyl (C=O) groups excluding carboxylic acids is 6. The second-order valence-corrected chi connectivity index (χ2v) is 36.0. The van der Waals surface area contributed by atoms with Crippen LogP contribution in [0.1, 0.15) is 230 Å². The smallest absolute Gasteiger partial charge is 0.480 e. The van der Waals surface area contributed by atoms with E-state index in [0.29, 0.717) is 41.2 Å². The molecule has 18 nitrogen and oxygen atoms in total. The van der Waals surface area contributed by atoms with Crippen LogP contribution in [0.5, 0.6) is 0 Å². The van der Waals surface area contributed by atoms with E-state index in [2.05, 4.69) is 125 Å². The first-order valence-corrected chi connectivity index (χ1v) is 38.0. The van der Waals surface area contributed by atoms with Crippen molar-refractivity contribution in [3.63, 3.8) is 0 Å². The third kappa shape index (κ3) is 32.1. The van der Waals surface area contributed by atoms with Gasteiger partial charge >= 0.3 is 49.8 Å². The van der Waals surface area contributed by atoms with Crippen molar-refractivity contribution in [2.75, 3.05) is 10.5 Å². The average Bonchev–Trinajstić information content (AvgIpc) is 1.19. The number of nitrogens with zero attached hydrogens (tertiary/aromatic N) is 4. The number of halogens is 3. The SMILES string of the molecule is C.C.CC(C)(C)OC(=O)N1[C@@H]2C[C@@H]2C[C@H]1C(=O)O.CC(C)(C)[Si](Cl)(c1ccccc1)c1ccccc1.CC[C@@H]1CC=CN1C(=O)OC(C)(C)C.CC[C@@H]1CCC(=O)N1C(=O)OC(C)(C)C.CC[C@@H]1C[C@H]2C[C@H]2N1C(=O)OC(C)(C)C.ClCI.O=C1CC[C@@H](CO)N1.[CH2-]C.[CH2-]C.[Zn+2]. The third-order valence-corrected chi connectivity index (χ3v) is 22.8. The van der Waals surface area contributed by atoms with Crippen molar-refractivity contribution >= 4 is 105 Å². The van der Waals surface area contributed by atoms with Crippen molar-refractivity contribution in [2.45, 2.75) is 300 Å². The monoisotopic (exact) mass is 1570 g/mol. The molecule has 9 atom stereocenters. The van der Waals surface area contributed by atoms with E-state index in [-0.39, 0.29) is 99.7 Å². The number of nitrogens with one attached hydrogen (secondary N) is 1. The number of alkyl halides is 2. The van der Waals surface area contributed by atoms with Crippen LogP contribution in [-0.2, 0) is 52.8 Å². The fourth-order valence-electron chi connectivity index (χ4n) is 11.1. The Hall–Kier alpha value is -4.02. The van der Waals surface area contributed by atoms with E-state index in [1.165, 1.54) is 33.0 Å². The summed E-state index contributed by atoms with van der Waals surface area (Å²) in [7, 11) is -2.23. The van der Waals surface area contributed by atoms with Crippen LogP contribution in [0, 0.1) is 25.7 Å². The molecular weight excluding hydrogens is 1450 g/mol. The Balaban J connectivity index is -0.00000106. The standard InChI is InChI=1S/C16H19ClSi.C12H21NO2.C11H17NO4.C11H19NO3.C11H19NO2.C5H9NO2.2C2H5.CH2ClI.2CH4.Zn/c1-16(2,3)18(17,14-10-6-4-7-11-14)15-12-8-5-9-13-15;1-5-9-6-8-7-10(8)13(9)11(14)15-12(2,3)4;1-11(2,3)16-10(15)12-7-4-6(7)5-8(12)9(13)14;1-5-8-6-7-9(13)12(8)10(14)15-11(2,3)4;1-5-9-7-6-8-12(9)10(13)14-11(2,3)4;7-3-4-1-2-5(8)6-4;2*1-2;2-1-3;;;/h4-13H,1-3H3;8-10H,5-7H2,1-4H3;6-8H,4-5H2,1-3H3,(H,13,14);8H,5-7H2,1-4H3;6,8-9H,5,7H2,1-4H3;4,7H,1-3H2,(H,6,8);2*1H2,2H3;1H2;2*1H4;/q;;;;;;2*-1;;;;+2/t;8-,9+,10+;6-,7-,8+;8-;9-;4-;;;;;;/m.01110....../s1. The van der Waals surface area contributed by atoms with Crippen molar-refractivity contribution in [3.05, 3.63) is 86.8 Å². The molecular formula is C73H124Cl2IN5O13SiZn. The first-order chi connectivity index (χ1) is 43.2. The van der Waals surface area contributed by atoms with Crippen molar-refractivity contribution in [3.8, 4) is 0 Å². The van der Waals surface area contributed by atoms with Gasteiger partial charge in [-0.3, -0.25) is 19.4 Å². The summed E-state index contributed by atoms with van der Waals surface area (Å²) in [5, 5.41) is 22.7. The number of amides is 6. The Kier molecular flexibility index (Phi) is 44.4. The quantitative estimate of drug-likeness (QED) is 0.0587. The molecule has 2 aromatic rings. The van der Waals surface area contributed by atoms with Crippen LogP contribution in [-0.4, -0.2) is 155 Å². The number of aliphatic carboxylic acids is 1. The van der Waals surface area contributed by atoms with Crippen LogP contribution in [0.4, 0.5) is 19.2 Å². The number of imide groups is 1. The molecule has 4 saturated heterocycles. The molecule has 0 spiro atoms. The molecule has 3 N–H and O–H groups in total. The van der Waals surface area contributed by atoms with E-state index in [1.54, 1.807) is 60.3 Å². The number of carboxylic acid groups (broad SMARTS) is 1. The van der Waals surface area contributed by atoms with Crippen molar-refractivity contribution in [1.82, 2.24) is 24.9 Å². The number of benzene rings is 2. The predicted octanol–water partition coefficient (Wildman–Crippen LogP) is 17.1. The molecule has 2 saturated carbocycles. The minimum absolute atomic E-state index is 0. The topological polar surface area (TPSA) is 222 Å². The van der Waals surface area contributed by atoms with Crippen molar-refractivity contribution in [1.29, 1.82) is 0 Å². The number of rotatable bonds is 7. The summed E-state index contributed by atoms with van der Waals surface area (Å²) >= 11 is 14.2. The first kappa shape index (κ1) is 96.2. The summed E-state index contributed by atoms with van der Waals surface area (Å²) in [6, 6.07) is 21.7. The number of ether oxygens (including phenoxy) is 4. The number of carboxylic acids is 1. The van der Waals surface area contributed by atoms with E-state index in [0.717, 1.165) is 50.9 Å². The molecule has 0 bridgehead atoms. The van der Waals surface area contributed by atoms with Crippen LogP contribution in [0.3, 0.4) is 0 Å². The molecule has 5 aliphatic heterocycles. The number of likely N-dealkylation sites (tertiary alicyclic amines) is 3. The van der Waals surface area contributed by atoms with Gasteiger partial charge in [-0.15, -0.1) is 11.6 Å². The molecule has 0 unspecified atom stereocenters. The number of hydrogen-bond donors (Lipinski definition) is 3. The van der Waals surface area contributed by atoms with E-state index in [9.17, 15) is 33.6 Å². The maximum absolute atomic E-state index is 12.0. The summed E-state index contributed by atoms with van der Waals surface area (Å²) < 4.78 is 21.8. The normalized spacial score (nSPS) is 22.2. The second-order valence-electron chi connectivity index (χ2n) is 28.4. The molecule has 7 aliphatic rings. The molecule has 96 heavy (non-hydrogen) atoms. The fraction of sp³-hybridized carbons (Fsp3) is 0.685. The van der Waals surface area contributed by atoms with Crippen molar-refractivity contribution < 1.29 is 82.2 Å². The maximum Gasteiger partial charge on any atom is 2.00 e.